The van der Waals surface area contributed by atoms with Crippen molar-refractivity contribution in [3.05, 3.63) is 0 Å². The average Bonchev–Trinajstić information content (AvgIpc) is 2.25. The minimum Gasteiger partial charge on any atom is -0.379 e. The fraction of sp³-hybridized carbons (Fsp3) is 1.00. The van der Waals surface area contributed by atoms with Gasteiger partial charge in [0.1, 0.15) is 0 Å². The molecule has 0 N–H and O–H groups in total. The van der Waals surface area contributed by atoms with Crippen molar-refractivity contribution in [2.24, 2.45) is 5.92 Å². The molecule has 0 bridgehead atoms. The van der Waals surface area contributed by atoms with Crippen LogP contribution >= 0.6 is 0 Å². The van der Waals surface area contributed by atoms with E-state index in [-0.39, 0.29) is 0 Å². The van der Waals surface area contributed by atoms with E-state index in [1.165, 1.54) is 32.1 Å². The molecule has 3 unspecified atom stereocenters. The lowest BCUT2D eigenvalue weighted by atomic mass is 10.0. The normalized spacial score (nSPS) is 36.6. The molecule has 0 aliphatic carbocycles. The van der Waals surface area contributed by atoms with Gasteiger partial charge in [0.25, 0.3) is 0 Å². The van der Waals surface area contributed by atoms with Crippen LogP contribution in [0.4, 0.5) is 0 Å². The lowest BCUT2D eigenvalue weighted by Crippen LogP contribution is -2.21. The van der Waals surface area contributed by atoms with E-state index in [4.69, 9.17) is 9.47 Å². The van der Waals surface area contributed by atoms with Gasteiger partial charge in [-0.15, -0.1) is 0 Å². The van der Waals surface area contributed by atoms with Gasteiger partial charge in [0, 0.05) is 13.2 Å². The summed E-state index contributed by atoms with van der Waals surface area (Å²) in [6.07, 6.45) is 7.55. The Hall–Kier alpha value is -0.0800. The largest absolute Gasteiger partial charge is 0.379 e. The summed E-state index contributed by atoms with van der Waals surface area (Å²) in [4.78, 5) is 0. The first-order chi connectivity index (χ1) is 7.18. The SMILES string of the molecule is CC1CCC(C)OC1.CC1CCCCO1. The minimum atomic E-state index is 0.520. The quantitative estimate of drug-likeness (QED) is 0.615. The lowest BCUT2D eigenvalue weighted by molar-refractivity contribution is 0.000267. The third-order valence-corrected chi connectivity index (χ3v) is 3.14. The molecule has 15 heavy (non-hydrogen) atoms. The molecule has 2 saturated heterocycles. The molecule has 0 saturated carbocycles. The maximum Gasteiger partial charge on any atom is 0.0547 e. The molecule has 0 aromatic rings. The number of hydrogen-bond acceptors (Lipinski definition) is 2. The number of ether oxygens (including phenoxy) is 2. The highest BCUT2D eigenvalue weighted by atomic mass is 16.5. The van der Waals surface area contributed by atoms with Crippen LogP contribution in [0, 0.1) is 5.92 Å². The molecule has 0 spiro atoms. The van der Waals surface area contributed by atoms with E-state index in [9.17, 15) is 0 Å². The van der Waals surface area contributed by atoms with Gasteiger partial charge in [-0.3, -0.25) is 0 Å². The molecule has 2 rings (SSSR count). The second kappa shape index (κ2) is 7.24. The molecular weight excluding hydrogens is 188 g/mol. The highest BCUT2D eigenvalue weighted by Crippen LogP contribution is 2.16. The van der Waals surface area contributed by atoms with Crippen LogP contribution in [0.5, 0.6) is 0 Å². The molecular formula is C13H26O2. The van der Waals surface area contributed by atoms with Gasteiger partial charge in [0.15, 0.2) is 0 Å². The van der Waals surface area contributed by atoms with Crippen LogP contribution in [0.1, 0.15) is 52.9 Å². The zero-order valence-corrected chi connectivity index (χ0v) is 10.5. The van der Waals surface area contributed by atoms with Crippen LogP contribution in [-0.2, 0) is 9.47 Å². The monoisotopic (exact) mass is 214 g/mol. The van der Waals surface area contributed by atoms with Crippen molar-refractivity contribution < 1.29 is 9.47 Å². The Morgan fingerprint density at radius 2 is 1.53 bits per heavy atom. The molecule has 3 atom stereocenters. The minimum absolute atomic E-state index is 0.520. The van der Waals surface area contributed by atoms with Crippen LogP contribution in [0.3, 0.4) is 0 Å². The molecule has 2 aliphatic heterocycles. The molecule has 2 nitrogen and oxygen atoms in total. The third-order valence-electron chi connectivity index (χ3n) is 3.14. The van der Waals surface area contributed by atoms with Crippen LogP contribution in [0.15, 0.2) is 0 Å². The average molecular weight is 214 g/mol. The maximum absolute atomic E-state index is 5.39. The Morgan fingerprint density at radius 1 is 0.800 bits per heavy atom. The molecule has 2 fully saturated rings. The molecule has 0 amide bonds. The van der Waals surface area contributed by atoms with Crippen molar-refractivity contribution in [3.63, 3.8) is 0 Å². The summed E-state index contributed by atoms with van der Waals surface area (Å²) < 4.78 is 10.7. The second-order valence-electron chi connectivity index (χ2n) is 5.00. The summed E-state index contributed by atoms with van der Waals surface area (Å²) in [6, 6.07) is 0. The van der Waals surface area contributed by atoms with E-state index in [2.05, 4.69) is 20.8 Å². The topological polar surface area (TPSA) is 18.5 Å². The predicted octanol–water partition coefficient (Wildman–Crippen LogP) is 3.40. The smallest absolute Gasteiger partial charge is 0.0547 e. The molecule has 0 radical (unpaired) electrons. The molecule has 2 heteroatoms. The standard InChI is InChI=1S/C7H14O.C6H12O/c1-6-3-4-7(2)8-5-6;1-6-4-2-3-5-7-6/h6-7H,3-5H2,1-2H3;6H,2-5H2,1H3. The zero-order valence-electron chi connectivity index (χ0n) is 10.5. The van der Waals surface area contributed by atoms with Crippen molar-refractivity contribution in [1.82, 2.24) is 0 Å². The zero-order chi connectivity index (χ0) is 11.1. The first-order valence-corrected chi connectivity index (χ1v) is 6.41. The van der Waals surface area contributed by atoms with Crippen molar-refractivity contribution >= 4 is 0 Å². The maximum atomic E-state index is 5.39. The van der Waals surface area contributed by atoms with Crippen LogP contribution < -0.4 is 0 Å². The summed E-state index contributed by atoms with van der Waals surface area (Å²) in [7, 11) is 0. The number of hydrogen-bond donors (Lipinski definition) is 0. The number of rotatable bonds is 0. The summed E-state index contributed by atoms with van der Waals surface area (Å²) in [5, 5.41) is 0. The Labute approximate surface area is 94.3 Å². The van der Waals surface area contributed by atoms with Gasteiger partial charge in [-0.25, -0.2) is 0 Å². The molecule has 0 aromatic heterocycles. The first kappa shape index (κ1) is 13.0. The highest BCUT2D eigenvalue weighted by molar-refractivity contribution is 4.62. The van der Waals surface area contributed by atoms with E-state index in [1.807, 2.05) is 0 Å². The van der Waals surface area contributed by atoms with Gasteiger partial charge < -0.3 is 9.47 Å². The van der Waals surface area contributed by atoms with Crippen molar-refractivity contribution in [2.75, 3.05) is 13.2 Å². The Balaban J connectivity index is 0.000000151. The van der Waals surface area contributed by atoms with Crippen molar-refractivity contribution in [3.8, 4) is 0 Å². The Morgan fingerprint density at radius 3 is 1.87 bits per heavy atom. The van der Waals surface area contributed by atoms with E-state index in [0.29, 0.717) is 12.2 Å². The summed E-state index contributed by atoms with van der Waals surface area (Å²) in [5.41, 5.74) is 0. The van der Waals surface area contributed by atoms with E-state index >= 15 is 0 Å². The summed E-state index contributed by atoms with van der Waals surface area (Å²) in [5.74, 6) is 0.797. The highest BCUT2D eigenvalue weighted by Gasteiger charge is 2.13. The van der Waals surface area contributed by atoms with Crippen LogP contribution in [-0.4, -0.2) is 25.4 Å². The van der Waals surface area contributed by atoms with Gasteiger partial charge >= 0.3 is 0 Å². The van der Waals surface area contributed by atoms with Gasteiger partial charge in [-0.05, 0) is 51.9 Å². The van der Waals surface area contributed by atoms with E-state index in [0.717, 1.165) is 19.1 Å². The van der Waals surface area contributed by atoms with E-state index in [1.54, 1.807) is 0 Å². The molecule has 2 aliphatic rings. The Kier molecular flexibility index (Phi) is 6.26. The fourth-order valence-corrected chi connectivity index (χ4v) is 1.92. The lowest BCUT2D eigenvalue weighted by Gasteiger charge is -2.23. The molecule has 0 aromatic carbocycles. The van der Waals surface area contributed by atoms with Gasteiger partial charge in [0.2, 0.25) is 0 Å². The second-order valence-corrected chi connectivity index (χ2v) is 5.00. The fourth-order valence-electron chi connectivity index (χ4n) is 1.92. The van der Waals surface area contributed by atoms with Gasteiger partial charge in [-0.1, -0.05) is 6.92 Å². The Bertz CT molecular complexity index is 135. The van der Waals surface area contributed by atoms with Gasteiger partial charge in [-0.2, -0.15) is 0 Å². The molecule has 2 heterocycles. The van der Waals surface area contributed by atoms with Gasteiger partial charge in [0.05, 0.1) is 12.2 Å². The van der Waals surface area contributed by atoms with Crippen molar-refractivity contribution in [2.45, 2.75) is 65.1 Å². The van der Waals surface area contributed by atoms with Crippen molar-refractivity contribution in [1.29, 1.82) is 0 Å². The summed E-state index contributed by atoms with van der Waals surface area (Å²) >= 11 is 0. The van der Waals surface area contributed by atoms with Crippen LogP contribution in [0.2, 0.25) is 0 Å². The third kappa shape index (κ3) is 6.16. The first-order valence-electron chi connectivity index (χ1n) is 6.41. The van der Waals surface area contributed by atoms with E-state index < -0.39 is 0 Å². The van der Waals surface area contributed by atoms with Crippen LogP contribution in [0.25, 0.3) is 0 Å². The molecule has 90 valence electrons. The predicted molar refractivity (Wildman–Crippen MR) is 63.1 cm³/mol. The summed E-state index contributed by atoms with van der Waals surface area (Å²) in [6.45, 7) is 8.49.